The van der Waals surface area contributed by atoms with E-state index < -0.39 is 0 Å². The highest BCUT2D eigenvalue weighted by Crippen LogP contribution is 2.26. The summed E-state index contributed by atoms with van der Waals surface area (Å²) in [5, 5.41) is 16.7. The Labute approximate surface area is 215 Å². The van der Waals surface area contributed by atoms with Crippen LogP contribution in [-0.4, -0.2) is 60.0 Å². The highest BCUT2D eigenvalue weighted by Gasteiger charge is 2.23. The Bertz CT molecular complexity index is 1390. The first-order valence-corrected chi connectivity index (χ1v) is 13.2. The third-order valence-electron chi connectivity index (χ3n) is 7.72. The largest absolute Gasteiger partial charge is 0.370 e. The topological polar surface area (TPSA) is 98.7 Å². The molecule has 1 aliphatic heterocycles. The molecular formula is C27H33N9O. The molecule has 4 aromatic heterocycles. The van der Waals surface area contributed by atoms with Crippen molar-refractivity contribution < 1.29 is 0 Å². The Morgan fingerprint density at radius 2 is 2.03 bits per heavy atom. The highest BCUT2D eigenvalue weighted by molar-refractivity contribution is 5.59. The van der Waals surface area contributed by atoms with E-state index in [0.29, 0.717) is 11.7 Å². The summed E-state index contributed by atoms with van der Waals surface area (Å²) in [4.78, 5) is 19.8. The van der Waals surface area contributed by atoms with Gasteiger partial charge in [0.15, 0.2) is 0 Å². The Hall–Kier alpha value is -3.79. The molecule has 2 fully saturated rings. The van der Waals surface area contributed by atoms with Gasteiger partial charge in [0.1, 0.15) is 11.9 Å². The Morgan fingerprint density at radius 3 is 2.81 bits per heavy atom. The molecule has 1 saturated carbocycles. The van der Waals surface area contributed by atoms with Crippen LogP contribution in [0.1, 0.15) is 45.2 Å². The van der Waals surface area contributed by atoms with Gasteiger partial charge >= 0.3 is 0 Å². The fraction of sp³-hybridized carbons (Fsp3) is 0.444. The van der Waals surface area contributed by atoms with Gasteiger partial charge in [-0.25, -0.2) is 9.36 Å². The molecule has 2 atom stereocenters. The number of nitrogens with zero attached hydrogens (tertiary/aromatic N) is 8. The van der Waals surface area contributed by atoms with Crippen molar-refractivity contribution in [3.05, 3.63) is 71.8 Å². The number of hydrogen-bond donors (Lipinski definition) is 1. The average Bonchev–Trinajstić information content (AvgIpc) is 3.61. The minimum absolute atomic E-state index is 0.0473. The average molecular weight is 500 g/mol. The van der Waals surface area contributed by atoms with Crippen LogP contribution in [0.5, 0.6) is 0 Å². The predicted octanol–water partition coefficient (Wildman–Crippen LogP) is 3.11. The van der Waals surface area contributed by atoms with E-state index in [1.165, 1.54) is 25.7 Å². The summed E-state index contributed by atoms with van der Waals surface area (Å²) < 4.78 is 5.15. The number of nitrogens with one attached hydrogen (secondary N) is 1. The van der Waals surface area contributed by atoms with E-state index in [0.717, 1.165) is 48.9 Å². The Kier molecular flexibility index (Phi) is 6.57. The lowest BCUT2D eigenvalue weighted by Gasteiger charge is -2.36. The number of rotatable bonds is 8. The van der Waals surface area contributed by atoms with Crippen LogP contribution in [0.25, 0.3) is 16.9 Å². The summed E-state index contributed by atoms with van der Waals surface area (Å²) >= 11 is 0. The first-order chi connectivity index (χ1) is 18.1. The van der Waals surface area contributed by atoms with Crippen molar-refractivity contribution in [3.63, 3.8) is 0 Å². The number of hydrogen-bond acceptors (Lipinski definition) is 7. The SMILES string of the molecule is CC(n1cc(-c2cncc(-n3cccn3)c2)nn1)n1ccc(N2CCC[C@@H](NCC3CCC3)C2)cc1=O. The van der Waals surface area contributed by atoms with Gasteiger partial charge in [0.2, 0.25) is 0 Å². The van der Waals surface area contributed by atoms with Crippen LogP contribution < -0.4 is 15.8 Å². The first-order valence-electron chi connectivity index (χ1n) is 13.2. The van der Waals surface area contributed by atoms with Crippen molar-refractivity contribution in [2.75, 3.05) is 24.5 Å². The zero-order valence-electron chi connectivity index (χ0n) is 21.1. The van der Waals surface area contributed by atoms with Crippen molar-refractivity contribution in [1.29, 1.82) is 0 Å². The predicted molar refractivity (Wildman–Crippen MR) is 142 cm³/mol. The molecule has 6 rings (SSSR count). The van der Waals surface area contributed by atoms with E-state index in [9.17, 15) is 4.79 Å². The standard InChI is InChI=1S/C27H33N9O/c1-20(36-19-26(31-32-36)22-13-25(17-28-16-22)35-11-4-9-30-35)34-12-8-24(14-27(34)37)33-10-3-7-23(18-33)29-15-21-5-2-6-21/h4,8-9,11-14,16-17,19-21,23,29H,2-3,5-7,10,15,18H2,1H3/t20?,23-/m1/s1. The third-order valence-corrected chi connectivity index (χ3v) is 7.72. The van der Waals surface area contributed by atoms with Gasteiger partial charge in [-0.2, -0.15) is 5.10 Å². The van der Waals surface area contributed by atoms with Gasteiger partial charge in [-0.1, -0.05) is 11.6 Å². The summed E-state index contributed by atoms with van der Waals surface area (Å²) in [7, 11) is 0. The van der Waals surface area contributed by atoms with Gasteiger partial charge in [-0.15, -0.1) is 5.10 Å². The minimum atomic E-state index is -0.316. The van der Waals surface area contributed by atoms with E-state index in [4.69, 9.17) is 0 Å². The van der Waals surface area contributed by atoms with Crippen molar-refractivity contribution in [1.82, 2.24) is 39.6 Å². The molecule has 1 unspecified atom stereocenters. The molecule has 1 aliphatic carbocycles. The van der Waals surface area contributed by atoms with Crippen molar-refractivity contribution >= 4 is 5.69 Å². The molecule has 2 aliphatic rings. The quantitative estimate of drug-likeness (QED) is 0.398. The highest BCUT2D eigenvalue weighted by atomic mass is 16.1. The molecule has 4 aromatic rings. The maximum Gasteiger partial charge on any atom is 0.254 e. The maximum atomic E-state index is 13.1. The lowest BCUT2D eigenvalue weighted by atomic mass is 9.85. The van der Waals surface area contributed by atoms with Crippen LogP contribution >= 0.6 is 0 Å². The normalized spacial score (nSPS) is 19.1. The third kappa shape index (κ3) is 5.06. The number of piperidine rings is 1. The molecule has 192 valence electrons. The van der Waals surface area contributed by atoms with Gasteiger partial charge in [0, 0.05) is 61.2 Å². The smallest absolute Gasteiger partial charge is 0.254 e. The monoisotopic (exact) mass is 499 g/mol. The minimum Gasteiger partial charge on any atom is -0.370 e. The molecule has 0 radical (unpaired) electrons. The van der Waals surface area contributed by atoms with Crippen LogP contribution in [-0.2, 0) is 0 Å². The molecule has 0 bridgehead atoms. The van der Waals surface area contributed by atoms with Gasteiger partial charge < -0.3 is 10.2 Å². The van der Waals surface area contributed by atoms with E-state index in [-0.39, 0.29) is 11.7 Å². The summed E-state index contributed by atoms with van der Waals surface area (Å²) in [6, 6.07) is 8.12. The van der Waals surface area contributed by atoms with E-state index in [2.05, 4.69) is 30.6 Å². The van der Waals surface area contributed by atoms with Gasteiger partial charge in [-0.3, -0.25) is 14.3 Å². The van der Waals surface area contributed by atoms with E-state index in [1.54, 1.807) is 38.6 Å². The van der Waals surface area contributed by atoms with E-state index >= 15 is 0 Å². The van der Waals surface area contributed by atoms with Crippen LogP contribution in [0.4, 0.5) is 5.69 Å². The van der Waals surface area contributed by atoms with Crippen molar-refractivity contribution in [2.45, 2.75) is 51.2 Å². The Balaban J connectivity index is 1.15. The number of pyridine rings is 2. The van der Waals surface area contributed by atoms with Gasteiger partial charge in [-0.05, 0) is 63.3 Å². The zero-order chi connectivity index (χ0) is 25.2. The molecule has 10 nitrogen and oxygen atoms in total. The molecule has 37 heavy (non-hydrogen) atoms. The number of anilines is 1. The molecule has 0 spiro atoms. The second-order valence-electron chi connectivity index (χ2n) is 10.2. The fourth-order valence-corrected chi connectivity index (χ4v) is 5.23. The summed E-state index contributed by atoms with van der Waals surface area (Å²) in [5.41, 5.74) is 3.31. The molecule has 0 aromatic carbocycles. The molecule has 0 amide bonds. The fourth-order valence-electron chi connectivity index (χ4n) is 5.23. The van der Waals surface area contributed by atoms with Gasteiger partial charge in [0.05, 0.1) is 18.1 Å². The molecule has 5 heterocycles. The van der Waals surface area contributed by atoms with Crippen LogP contribution in [0.2, 0.25) is 0 Å². The molecule has 10 heteroatoms. The van der Waals surface area contributed by atoms with Crippen LogP contribution in [0.3, 0.4) is 0 Å². The van der Waals surface area contributed by atoms with Crippen molar-refractivity contribution in [3.8, 4) is 16.9 Å². The van der Waals surface area contributed by atoms with Crippen molar-refractivity contribution in [2.24, 2.45) is 5.92 Å². The second-order valence-corrected chi connectivity index (χ2v) is 10.2. The van der Waals surface area contributed by atoms with Gasteiger partial charge in [0.25, 0.3) is 5.56 Å². The van der Waals surface area contributed by atoms with Crippen LogP contribution in [0.15, 0.2) is 66.2 Å². The summed E-state index contributed by atoms with van der Waals surface area (Å²) in [6.07, 6.45) is 16.9. The molecule has 1 N–H and O–H groups in total. The summed E-state index contributed by atoms with van der Waals surface area (Å²) in [6.45, 7) is 5.00. The van der Waals surface area contributed by atoms with Crippen LogP contribution in [0, 0.1) is 5.92 Å². The first kappa shape index (κ1) is 23.6. The number of aromatic nitrogens is 7. The maximum absolute atomic E-state index is 13.1. The Morgan fingerprint density at radius 1 is 1.11 bits per heavy atom. The zero-order valence-corrected chi connectivity index (χ0v) is 21.1. The lowest BCUT2D eigenvalue weighted by molar-refractivity contribution is 0.280. The second kappa shape index (κ2) is 10.3. The molecule has 1 saturated heterocycles. The molecular weight excluding hydrogens is 466 g/mol. The van der Waals surface area contributed by atoms with E-state index in [1.807, 2.05) is 43.7 Å². The summed E-state index contributed by atoms with van der Waals surface area (Å²) in [5.74, 6) is 0.856. The lowest BCUT2D eigenvalue weighted by Crippen LogP contribution is -2.47.